The van der Waals surface area contributed by atoms with E-state index in [1.165, 1.54) is 24.3 Å². The van der Waals surface area contributed by atoms with Crippen molar-refractivity contribution in [3.63, 3.8) is 0 Å². The number of carboxylic acids is 1. The number of hydrogen-bond acceptors (Lipinski definition) is 3. The Labute approximate surface area is 129 Å². The molecule has 0 aliphatic rings. The summed E-state index contributed by atoms with van der Waals surface area (Å²) in [5, 5.41) is 8.69. The zero-order chi connectivity index (χ0) is 12.7. The van der Waals surface area contributed by atoms with Crippen molar-refractivity contribution in [3.05, 3.63) is 29.8 Å². The fourth-order valence-corrected chi connectivity index (χ4v) is 1.37. The van der Waals surface area contributed by atoms with Crippen molar-refractivity contribution in [3.8, 4) is 5.75 Å². The number of esters is 1. The number of carbonyl (C=O) groups excluding carboxylic acids is 1. The van der Waals surface area contributed by atoms with Crippen LogP contribution in [0.5, 0.6) is 5.75 Å². The van der Waals surface area contributed by atoms with Crippen molar-refractivity contribution in [2.24, 2.45) is 0 Å². The summed E-state index contributed by atoms with van der Waals surface area (Å²) in [5.41, 5.74) is 0.177. The van der Waals surface area contributed by atoms with Crippen LogP contribution in [-0.4, -0.2) is 46.6 Å². The Balaban J connectivity index is 0.00000289. The van der Waals surface area contributed by atoms with Gasteiger partial charge in [-0.15, -0.1) is 0 Å². The van der Waals surface area contributed by atoms with Crippen LogP contribution in [0, 0.1) is 0 Å². The van der Waals surface area contributed by atoms with Gasteiger partial charge < -0.3 is 9.84 Å². The van der Waals surface area contributed by atoms with Crippen LogP contribution in [0.3, 0.4) is 0 Å². The van der Waals surface area contributed by atoms with Gasteiger partial charge in [0.05, 0.1) is 5.56 Å². The zero-order valence-electron chi connectivity index (χ0n) is 9.81. The van der Waals surface area contributed by atoms with E-state index >= 15 is 0 Å². The molecule has 0 bridgehead atoms. The SMILES string of the molecule is CCCCCC(=O)Oc1ccc(C(=O)O)cc1.[NaH]. The summed E-state index contributed by atoms with van der Waals surface area (Å²) in [4.78, 5) is 22.0. The van der Waals surface area contributed by atoms with Gasteiger partial charge in [0.25, 0.3) is 0 Å². The Hall–Kier alpha value is -0.840. The number of benzene rings is 1. The first kappa shape index (κ1) is 17.2. The quantitative estimate of drug-likeness (QED) is 0.368. The molecule has 0 amide bonds. The number of ether oxygens (including phenoxy) is 1. The fourth-order valence-electron chi connectivity index (χ4n) is 1.37. The minimum atomic E-state index is -0.995. The van der Waals surface area contributed by atoms with Crippen molar-refractivity contribution < 1.29 is 19.4 Å². The molecule has 0 heterocycles. The number of carbonyl (C=O) groups is 2. The van der Waals surface area contributed by atoms with E-state index in [-0.39, 0.29) is 41.1 Å². The molecule has 1 aromatic rings. The summed E-state index contributed by atoms with van der Waals surface area (Å²) < 4.78 is 5.06. The van der Waals surface area contributed by atoms with E-state index in [4.69, 9.17) is 9.84 Å². The van der Waals surface area contributed by atoms with Gasteiger partial charge in [-0.25, -0.2) is 4.79 Å². The molecule has 0 spiro atoms. The van der Waals surface area contributed by atoms with Crippen LogP contribution in [0.25, 0.3) is 0 Å². The summed E-state index contributed by atoms with van der Waals surface area (Å²) in [7, 11) is 0. The molecule has 94 valence electrons. The summed E-state index contributed by atoms with van der Waals surface area (Å²) in [6, 6.07) is 5.80. The molecule has 0 atom stereocenters. The van der Waals surface area contributed by atoms with Crippen molar-refractivity contribution in [1.29, 1.82) is 0 Å². The zero-order valence-corrected chi connectivity index (χ0v) is 9.81. The van der Waals surface area contributed by atoms with Gasteiger partial charge in [0.2, 0.25) is 0 Å². The predicted molar refractivity (Wildman–Crippen MR) is 70.3 cm³/mol. The molecule has 1 rings (SSSR count). The van der Waals surface area contributed by atoms with Gasteiger partial charge in [0.15, 0.2) is 0 Å². The molecule has 0 unspecified atom stereocenters. The number of unbranched alkanes of at least 4 members (excludes halogenated alkanes) is 2. The standard InChI is InChI=1S/C13H16O4.Na.H/c1-2-3-4-5-12(14)17-11-8-6-10(7-9-11)13(15)16;;/h6-9H,2-5H2,1H3,(H,15,16);;. The second kappa shape index (κ2) is 9.14. The Morgan fingerprint density at radius 2 is 1.78 bits per heavy atom. The molecular weight excluding hydrogens is 243 g/mol. The maximum absolute atomic E-state index is 11.4. The number of hydrogen-bond donors (Lipinski definition) is 1. The summed E-state index contributed by atoms with van der Waals surface area (Å²) in [6.07, 6.45) is 3.28. The molecule has 4 nitrogen and oxygen atoms in total. The normalized spacial score (nSPS) is 9.39. The fraction of sp³-hybridized carbons (Fsp3) is 0.385. The average molecular weight is 260 g/mol. The van der Waals surface area contributed by atoms with E-state index in [9.17, 15) is 9.59 Å². The monoisotopic (exact) mass is 260 g/mol. The molecule has 0 aromatic heterocycles. The van der Waals surface area contributed by atoms with Gasteiger partial charge >= 0.3 is 41.5 Å². The molecule has 0 aliphatic carbocycles. The third-order valence-corrected chi connectivity index (χ3v) is 2.32. The first-order valence-electron chi connectivity index (χ1n) is 5.67. The molecular formula is C13H17NaO4. The third-order valence-electron chi connectivity index (χ3n) is 2.32. The summed E-state index contributed by atoms with van der Waals surface area (Å²) in [6.45, 7) is 2.07. The van der Waals surface area contributed by atoms with Crippen molar-refractivity contribution in [2.45, 2.75) is 32.6 Å². The predicted octanol–water partition coefficient (Wildman–Crippen LogP) is 2.22. The van der Waals surface area contributed by atoms with Crippen molar-refractivity contribution in [1.82, 2.24) is 0 Å². The molecule has 18 heavy (non-hydrogen) atoms. The molecule has 1 aromatic carbocycles. The second-order valence-corrected chi connectivity index (χ2v) is 3.76. The van der Waals surface area contributed by atoms with Gasteiger partial charge in [-0.2, -0.15) is 0 Å². The van der Waals surface area contributed by atoms with E-state index in [0.717, 1.165) is 19.3 Å². The van der Waals surface area contributed by atoms with E-state index in [0.29, 0.717) is 12.2 Å². The van der Waals surface area contributed by atoms with E-state index in [1.807, 2.05) is 0 Å². The average Bonchev–Trinajstić information content (AvgIpc) is 2.30. The van der Waals surface area contributed by atoms with Gasteiger partial charge in [-0.05, 0) is 30.7 Å². The van der Waals surface area contributed by atoms with Crippen LogP contribution < -0.4 is 4.74 Å². The van der Waals surface area contributed by atoms with Crippen LogP contribution in [0.4, 0.5) is 0 Å². The van der Waals surface area contributed by atoms with E-state index < -0.39 is 5.97 Å². The molecule has 0 radical (unpaired) electrons. The summed E-state index contributed by atoms with van der Waals surface area (Å²) in [5.74, 6) is -0.885. The maximum atomic E-state index is 11.4. The van der Waals surface area contributed by atoms with Crippen molar-refractivity contribution >= 4 is 41.5 Å². The topological polar surface area (TPSA) is 63.6 Å². The van der Waals surface area contributed by atoms with Crippen molar-refractivity contribution in [2.75, 3.05) is 0 Å². The molecule has 1 N–H and O–H groups in total. The van der Waals surface area contributed by atoms with Gasteiger partial charge in [-0.3, -0.25) is 4.79 Å². The van der Waals surface area contributed by atoms with Crippen LogP contribution in [-0.2, 0) is 4.79 Å². The first-order chi connectivity index (χ1) is 8.13. The Morgan fingerprint density at radius 3 is 2.28 bits per heavy atom. The number of carboxylic acid groups (broad SMARTS) is 1. The van der Waals surface area contributed by atoms with Gasteiger partial charge in [0.1, 0.15) is 5.75 Å². The third kappa shape index (κ3) is 6.19. The van der Waals surface area contributed by atoms with Crippen LogP contribution in [0.2, 0.25) is 0 Å². The Morgan fingerprint density at radius 1 is 1.17 bits per heavy atom. The summed E-state index contributed by atoms with van der Waals surface area (Å²) >= 11 is 0. The second-order valence-electron chi connectivity index (χ2n) is 3.76. The van der Waals surface area contributed by atoms with Crippen LogP contribution in [0.15, 0.2) is 24.3 Å². The van der Waals surface area contributed by atoms with E-state index in [1.54, 1.807) is 0 Å². The molecule has 0 aliphatic heterocycles. The molecule has 5 heteroatoms. The molecule has 0 saturated heterocycles. The van der Waals surface area contributed by atoms with E-state index in [2.05, 4.69) is 6.92 Å². The minimum absolute atomic E-state index is 0. The Bertz CT molecular complexity index is 386. The molecule has 0 saturated carbocycles. The Kier molecular flexibility index (Phi) is 8.71. The van der Waals surface area contributed by atoms with Gasteiger partial charge in [-0.1, -0.05) is 19.8 Å². The number of aromatic carboxylic acids is 1. The van der Waals surface area contributed by atoms with Gasteiger partial charge in [0, 0.05) is 6.42 Å². The van der Waals surface area contributed by atoms with Crippen LogP contribution >= 0.6 is 0 Å². The molecule has 0 fully saturated rings. The number of rotatable bonds is 6. The van der Waals surface area contributed by atoms with Crippen LogP contribution in [0.1, 0.15) is 43.0 Å². The first-order valence-corrected chi connectivity index (χ1v) is 5.67.